The van der Waals surface area contributed by atoms with Gasteiger partial charge in [0.15, 0.2) is 5.13 Å². The van der Waals surface area contributed by atoms with Crippen molar-refractivity contribution in [2.24, 2.45) is 5.92 Å². The average Bonchev–Trinajstić information content (AvgIpc) is 3.20. The molecular formula is C14H15N3O2S2. The van der Waals surface area contributed by atoms with E-state index in [0.717, 1.165) is 24.3 Å². The number of thiophene rings is 1. The van der Waals surface area contributed by atoms with Gasteiger partial charge >= 0.3 is 0 Å². The predicted octanol–water partition coefficient (Wildman–Crippen LogP) is 2.70. The SMILES string of the molecule is O=C(Nc1nccs1)C1CCCN(C(=O)c2cccs2)C1. The largest absolute Gasteiger partial charge is 0.337 e. The van der Waals surface area contributed by atoms with Gasteiger partial charge in [-0.15, -0.1) is 22.7 Å². The van der Waals surface area contributed by atoms with Crippen LogP contribution in [0.15, 0.2) is 29.1 Å². The molecule has 3 rings (SSSR count). The van der Waals surface area contributed by atoms with Crippen LogP contribution in [0.1, 0.15) is 22.5 Å². The lowest BCUT2D eigenvalue weighted by atomic mass is 9.97. The Labute approximate surface area is 130 Å². The maximum atomic E-state index is 12.3. The maximum Gasteiger partial charge on any atom is 0.263 e. The van der Waals surface area contributed by atoms with Crippen LogP contribution in [0.25, 0.3) is 0 Å². The highest BCUT2D eigenvalue weighted by Gasteiger charge is 2.29. The molecule has 1 saturated heterocycles. The number of carbonyl (C=O) groups is 2. The van der Waals surface area contributed by atoms with Gasteiger partial charge in [0, 0.05) is 24.7 Å². The van der Waals surface area contributed by atoms with Crippen molar-refractivity contribution in [3.05, 3.63) is 34.0 Å². The Kier molecular flexibility index (Phi) is 4.31. The molecule has 5 nitrogen and oxygen atoms in total. The summed E-state index contributed by atoms with van der Waals surface area (Å²) in [6, 6.07) is 3.70. The molecule has 1 atom stereocenters. The molecule has 0 saturated carbocycles. The molecule has 7 heteroatoms. The summed E-state index contributed by atoms with van der Waals surface area (Å²) in [5.41, 5.74) is 0. The molecule has 1 aliphatic rings. The molecule has 0 bridgehead atoms. The zero-order valence-corrected chi connectivity index (χ0v) is 13.0. The number of hydrogen-bond donors (Lipinski definition) is 1. The number of hydrogen-bond acceptors (Lipinski definition) is 5. The fourth-order valence-corrected chi connectivity index (χ4v) is 3.65. The Bertz CT molecular complexity index is 610. The predicted molar refractivity (Wildman–Crippen MR) is 83.7 cm³/mol. The normalized spacial score (nSPS) is 18.5. The van der Waals surface area contributed by atoms with E-state index in [1.54, 1.807) is 11.1 Å². The van der Waals surface area contributed by atoms with Crippen LogP contribution in [0.5, 0.6) is 0 Å². The first kappa shape index (κ1) is 14.2. The highest BCUT2D eigenvalue weighted by atomic mass is 32.1. The van der Waals surface area contributed by atoms with Gasteiger partial charge in [0.2, 0.25) is 5.91 Å². The van der Waals surface area contributed by atoms with Crippen molar-refractivity contribution < 1.29 is 9.59 Å². The monoisotopic (exact) mass is 321 g/mol. The summed E-state index contributed by atoms with van der Waals surface area (Å²) in [5, 5.41) is 7.15. The van der Waals surface area contributed by atoms with Gasteiger partial charge in [-0.1, -0.05) is 6.07 Å². The number of carbonyl (C=O) groups excluding carboxylic acids is 2. The maximum absolute atomic E-state index is 12.3. The van der Waals surface area contributed by atoms with Gasteiger partial charge in [0.25, 0.3) is 5.91 Å². The first-order valence-corrected chi connectivity index (χ1v) is 8.53. The van der Waals surface area contributed by atoms with Gasteiger partial charge in [-0.25, -0.2) is 4.98 Å². The van der Waals surface area contributed by atoms with E-state index in [1.165, 1.54) is 22.7 Å². The zero-order valence-electron chi connectivity index (χ0n) is 11.3. The molecule has 1 fully saturated rings. The molecular weight excluding hydrogens is 306 g/mol. The van der Waals surface area contributed by atoms with Crippen molar-refractivity contribution in [2.75, 3.05) is 18.4 Å². The number of nitrogens with one attached hydrogen (secondary N) is 1. The van der Waals surface area contributed by atoms with Crippen molar-refractivity contribution in [3.63, 3.8) is 0 Å². The Morgan fingerprint density at radius 3 is 2.95 bits per heavy atom. The third-order valence-electron chi connectivity index (χ3n) is 3.47. The molecule has 0 spiro atoms. The van der Waals surface area contributed by atoms with Gasteiger partial charge in [-0.3, -0.25) is 9.59 Å². The molecule has 2 amide bonds. The molecule has 0 aromatic carbocycles. The molecule has 0 radical (unpaired) electrons. The molecule has 1 unspecified atom stereocenters. The minimum Gasteiger partial charge on any atom is -0.337 e. The zero-order chi connectivity index (χ0) is 14.7. The summed E-state index contributed by atoms with van der Waals surface area (Å²) in [6.45, 7) is 1.20. The Morgan fingerprint density at radius 1 is 1.33 bits per heavy atom. The summed E-state index contributed by atoms with van der Waals surface area (Å²) >= 11 is 2.84. The smallest absolute Gasteiger partial charge is 0.263 e. The summed E-state index contributed by atoms with van der Waals surface area (Å²) < 4.78 is 0. The standard InChI is InChI=1S/C14H15N3O2S2/c18-12(16-14-15-5-8-21-14)10-3-1-6-17(9-10)13(19)11-4-2-7-20-11/h2,4-5,7-8,10H,1,3,6,9H2,(H,15,16,18). The third kappa shape index (κ3) is 3.30. The lowest BCUT2D eigenvalue weighted by Crippen LogP contribution is -2.43. The highest BCUT2D eigenvalue weighted by molar-refractivity contribution is 7.13. The lowest BCUT2D eigenvalue weighted by Gasteiger charge is -2.31. The molecule has 3 heterocycles. The first-order valence-electron chi connectivity index (χ1n) is 6.77. The van der Waals surface area contributed by atoms with Gasteiger partial charge in [0.05, 0.1) is 10.8 Å². The second-order valence-corrected chi connectivity index (χ2v) is 6.74. The Morgan fingerprint density at radius 2 is 2.24 bits per heavy atom. The minimum absolute atomic E-state index is 0.0248. The minimum atomic E-state index is -0.161. The van der Waals surface area contributed by atoms with E-state index in [9.17, 15) is 9.59 Å². The quantitative estimate of drug-likeness (QED) is 0.945. The number of piperidine rings is 1. The highest BCUT2D eigenvalue weighted by Crippen LogP contribution is 2.22. The van der Waals surface area contributed by atoms with Crippen molar-refractivity contribution in [2.45, 2.75) is 12.8 Å². The van der Waals surface area contributed by atoms with E-state index in [1.807, 2.05) is 22.9 Å². The molecule has 1 N–H and O–H groups in total. The molecule has 2 aromatic heterocycles. The molecule has 1 aliphatic heterocycles. The summed E-state index contributed by atoms with van der Waals surface area (Å²) in [6.07, 6.45) is 3.33. The Hall–Kier alpha value is -1.73. The van der Waals surface area contributed by atoms with Gasteiger partial charge in [-0.05, 0) is 24.3 Å². The lowest BCUT2D eigenvalue weighted by molar-refractivity contribution is -0.121. The topological polar surface area (TPSA) is 62.3 Å². The van der Waals surface area contributed by atoms with Crippen molar-refractivity contribution >= 4 is 39.6 Å². The van der Waals surface area contributed by atoms with Gasteiger partial charge < -0.3 is 10.2 Å². The number of thiazole rings is 1. The van der Waals surface area contributed by atoms with Crippen molar-refractivity contribution in [1.82, 2.24) is 9.88 Å². The van der Waals surface area contributed by atoms with Crippen LogP contribution >= 0.6 is 22.7 Å². The van der Waals surface area contributed by atoms with E-state index in [0.29, 0.717) is 11.7 Å². The van der Waals surface area contributed by atoms with E-state index in [2.05, 4.69) is 10.3 Å². The number of nitrogens with zero attached hydrogens (tertiary/aromatic N) is 2. The number of amides is 2. The molecule has 2 aromatic rings. The fraction of sp³-hybridized carbons (Fsp3) is 0.357. The van der Waals surface area contributed by atoms with Crippen LogP contribution in [0.2, 0.25) is 0 Å². The number of rotatable bonds is 3. The van der Waals surface area contributed by atoms with Crippen LogP contribution in [0.3, 0.4) is 0 Å². The molecule has 0 aliphatic carbocycles. The second kappa shape index (κ2) is 6.36. The van der Waals surface area contributed by atoms with Crippen LogP contribution in [0, 0.1) is 5.92 Å². The van der Waals surface area contributed by atoms with Crippen LogP contribution in [-0.4, -0.2) is 34.8 Å². The fourth-order valence-electron chi connectivity index (χ4n) is 2.42. The summed E-state index contributed by atoms with van der Waals surface area (Å²) in [5.74, 6) is -0.183. The van der Waals surface area contributed by atoms with Crippen LogP contribution < -0.4 is 5.32 Å². The number of likely N-dealkylation sites (tertiary alicyclic amines) is 1. The van der Waals surface area contributed by atoms with E-state index in [-0.39, 0.29) is 17.7 Å². The van der Waals surface area contributed by atoms with Crippen LogP contribution in [0.4, 0.5) is 5.13 Å². The molecule has 110 valence electrons. The Balaban J connectivity index is 1.63. The van der Waals surface area contributed by atoms with Gasteiger partial charge in [-0.2, -0.15) is 0 Å². The molecule has 21 heavy (non-hydrogen) atoms. The van der Waals surface area contributed by atoms with E-state index >= 15 is 0 Å². The van der Waals surface area contributed by atoms with E-state index in [4.69, 9.17) is 0 Å². The van der Waals surface area contributed by atoms with Crippen molar-refractivity contribution in [3.8, 4) is 0 Å². The van der Waals surface area contributed by atoms with Crippen LogP contribution in [-0.2, 0) is 4.79 Å². The summed E-state index contributed by atoms with van der Waals surface area (Å²) in [4.78, 5) is 31.1. The second-order valence-electron chi connectivity index (χ2n) is 4.89. The third-order valence-corrected chi connectivity index (χ3v) is 5.02. The average molecular weight is 321 g/mol. The first-order chi connectivity index (χ1) is 10.2. The summed E-state index contributed by atoms with van der Waals surface area (Å²) in [7, 11) is 0. The number of anilines is 1. The van der Waals surface area contributed by atoms with E-state index < -0.39 is 0 Å². The van der Waals surface area contributed by atoms with Crippen molar-refractivity contribution in [1.29, 1.82) is 0 Å². The number of aromatic nitrogens is 1. The van der Waals surface area contributed by atoms with Gasteiger partial charge in [0.1, 0.15) is 0 Å².